The fourth-order valence-electron chi connectivity index (χ4n) is 2.90. The number of anilines is 1. The van der Waals surface area contributed by atoms with E-state index in [4.69, 9.17) is 23.2 Å². The quantitative estimate of drug-likeness (QED) is 0.617. The predicted molar refractivity (Wildman–Crippen MR) is 109 cm³/mol. The fraction of sp³-hybridized carbons (Fsp3) is 0.222. The summed E-state index contributed by atoms with van der Waals surface area (Å²) >= 11 is 15.1. The van der Waals surface area contributed by atoms with Gasteiger partial charge in [0.15, 0.2) is 5.13 Å². The maximum Gasteiger partial charge on any atom is 0.267 e. The molecule has 0 atom stereocenters. The Balaban J connectivity index is 1.43. The molecule has 2 aromatic heterocycles. The lowest BCUT2D eigenvalue weighted by Crippen LogP contribution is -2.29. The largest absolute Gasteiger partial charge is 0.297 e. The molecule has 0 unspecified atom stereocenters. The van der Waals surface area contributed by atoms with E-state index in [9.17, 15) is 4.79 Å². The first-order valence-corrected chi connectivity index (χ1v) is 10.5. The van der Waals surface area contributed by atoms with Crippen LogP contribution in [0, 0.1) is 0 Å². The summed E-state index contributed by atoms with van der Waals surface area (Å²) in [6, 6.07) is 9.43. The van der Waals surface area contributed by atoms with E-state index < -0.39 is 0 Å². The molecule has 0 bridgehead atoms. The maximum absolute atomic E-state index is 12.2. The standard InChI is InChI=1S/C18H15Cl2N3OS2/c19-12-4-3-11(8-13(12)20)9-23-6-5-14-16(10-23)26-18(21-14)22-17(24)15-2-1-7-25-15/h1-4,7-8H,5-6,9-10H2,(H,21,22,24). The smallest absolute Gasteiger partial charge is 0.267 e. The number of benzene rings is 1. The Kier molecular flexibility index (Phi) is 5.29. The van der Waals surface area contributed by atoms with Crippen LogP contribution in [-0.2, 0) is 19.5 Å². The average molecular weight is 424 g/mol. The lowest BCUT2D eigenvalue weighted by atomic mass is 10.1. The van der Waals surface area contributed by atoms with Crippen LogP contribution in [-0.4, -0.2) is 22.3 Å². The summed E-state index contributed by atoms with van der Waals surface area (Å²) in [5.74, 6) is -0.0984. The van der Waals surface area contributed by atoms with Gasteiger partial charge in [-0.15, -0.1) is 22.7 Å². The van der Waals surface area contributed by atoms with Gasteiger partial charge in [-0.05, 0) is 29.1 Å². The minimum Gasteiger partial charge on any atom is -0.297 e. The van der Waals surface area contributed by atoms with Gasteiger partial charge in [-0.1, -0.05) is 35.3 Å². The van der Waals surface area contributed by atoms with Gasteiger partial charge in [0.25, 0.3) is 5.91 Å². The van der Waals surface area contributed by atoms with Crippen molar-refractivity contribution in [2.45, 2.75) is 19.5 Å². The van der Waals surface area contributed by atoms with Crippen molar-refractivity contribution in [1.29, 1.82) is 0 Å². The molecule has 0 saturated heterocycles. The zero-order valence-electron chi connectivity index (χ0n) is 13.7. The van der Waals surface area contributed by atoms with Crippen molar-refractivity contribution in [2.24, 2.45) is 0 Å². The zero-order valence-corrected chi connectivity index (χ0v) is 16.8. The van der Waals surface area contributed by atoms with E-state index >= 15 is 0 Å². The van der Waals surface area contributed by atoms with Crippen molar-refractivity contribution in [1.82, 2.24) is 9.88 Å². The highest BCUT2D eigenvalue weighted by Gasteiger charge is 2.22. The first-order valence-electron chi connectivity index (χ1n) is 8.08. The third-order valence-electron chi connectivity index (χ3n) is 4.17. The number of thiazole rings is 1. The average Bonchev–Trinajstić information content (AvgIpc) is 3.27. The molecule has 0 fully saturated rings. The van der Waals surface area contributed by atoms with Crippen LogP contribution in [0.4, 0.5) is 5.13 Å². The van der Waals surface area contributed by atoms with Crippen LogP contribution in [0.25, 0.3) is 0 Å². The Morgan fingerprint density at radius 3 is 2.92 bits per heavy atom. The molecular weight excluding hydrogens is 409 g/mol. The van der Waals surface area contributed by atoms with Gasteiger partial charge in [-0.3, -0.25) is 15.0 Å². The number of rotatable bonds is 4. The molecule has 0 radical (unpaired) electrons. The molecule has 4 nitrogen and oxygen atoms in total. The van der Waals surface area contributed by atoms with Crippen molar-refractivity contribution >= 4 is 56.9 Å². The number of fused-ring (bicyclic) bond motifs is 1. The molecular formula is C18H15Cl2N3OS2. The number of halogens is 2. The van der Waals surface area contributed by atoms with Crippen LogP contribution in [0.15, 0.2) is 35.7 Å². The summed E-state index contributed by atoms with van der Waals surface area (Å²) in [6.07, 6.45) is 0.877. The molecule has 1 amide bonds. The van der Waals surface area contributed by atoms with Gasteiger partial charge in [0.1, 0.15) is 0 Å². The van der Waals surface area contributed by atoms with Crippen LogP contribution < -0.4 is 5.32 Å². The third-order valence-corrected chi connectivity index (χ3v) is 6.77. The molecule has 0 saturated carbocycles. The van der Waals surface area contributed by atoms with Gasteiger partial charge in [0, 0.05) is 30.9 Å². The van der Waals surface area contributed by atoms with Crippen molar-refractivity contribution in [3.63, 3.8) is 0 Å². The number of amides is 1. The number of hydrogen-bond acceptors (Lipinski definition) is 5. The van der Waals surface area contributed by atoms with Gasteiger partial charge in [-0.2, -0.15) is 0 Å². The summed E-state index contributed by atoms with van der Waals surface area (Å²) in [7, 11) is 0. The van der Waals surface area contributed by atoms with Gasteiger partial charge in [-0.25, -0.2) is 4.98 Å². The van der Waals surface area contributed by atoms with E-state index in [0.29, 0.717) is 20.1 Å². The molecule has 3 aromatic rings. The molecule has 26 heavy (non-hydrogen) atoms. The van der Waals surface area contributed by atoms with Gasteiger partial charge >= 0.3 is 0 Å². The SMILES string of the molecule is O=C(Nc1nc2c(s1)CN(Cc1ccc(Cl)c(Cl)c1)CC2)c1cccs1. The molecule has 0 spiro atoms. The molecule has 4 rings (SSSR count). The molecule has 8 heteroatoms. The lowest BCUT2D eigenvalue weighted by Gasteiger charge is -2.25. The van der Waals surface area contributed by atoms with E-state index in [2.05, 4.69) is 15.2 Å². The summed E-state index contributed by atoms with van der Waals surface area (Å²) < 4.78 is 0. The summed E-state index contributed by atoms with van der Waals surface area (Å²) in [4.78, 5) is 21.0. The number of nitrogens with zero attached hydrogens (tertiary/aromatic N) is 2. The Hall–Kier alpha value is -1.44. The number of carbonyl (C=O) groups excluding carboxylic acids is 1. The minimum absolute atomic E-state index is 0.0984. The Labute approximate surface area is 169 Å². The van der Waals surface area contributed by atoms with Crippen LogP contribution in [0.2, 0.25) is 10.0 Å². The zero-order chi connectivity index (χ0) is 18.1. The topological polar surface area (TPSA) is 45.2 Å². The number of aromatic nitrogens is 1. The van der Waals surface area contributed by atoms with E-state index in [1.165, 1.54) is 16.2 Å². The molecule has 0 aliphatic carbocycles. The Morgan fingerprint density at radius 2 is 2.15 bits per heavy atom. The normalized spacial score (nSPS) is 14.2. The summed E-state index contributed by atoms with van der Waals surface area (Å²) in [6.45, 7) is 2.56. The second-order valence-electron chi connectivity index (χ2n) is 6.03. The lowest BCUT2D eigenvalue weighted by molar-refractivity contribution is 0.103. The van der Waals surface area contributed by atoms with Crippen molar-refractivity contribution in [3.8, 4) is 0 Å². The van der Waals surface area contributed by atoms with Crippen LogP contribution >= 0.6 is 45.9 Å². The highest BCUT2D eigenvalue weighted by Crippen LogP contribution is 2.30. The monoisotopic (exact) mass is 423 g/mol. The number of nitrogens with one attached hydrogen (secondary N) is 1. The molecule has 134 valence electrons. The Bertz CT molecular complexity index is 940. The molecule has 1 aromatic carbocycles. The molecule has 1 aliphatic heterocycles. The van der Waals surface area contributed by atoms with E-state index in [1.54, 1.807) is 11.3 Å². The van der Waals surface area contributed by atoms with Gasteiger partial charge in [0.05, 0.1) is 20.6 Å². The highest BCUT2D eigenvalue weighted by atomic mass is 35.5. The highest BCUT2D eigenvalue weighted by molar-refractivity contribution is 7.16. The molecule has 1 N–H and O–H groups in total. The van der Waals surface area contributed by atoms with E-state index in [0.717, 1.165) is 37.3 Å². The summed E-state index contributed by atoms with van der Waals surface area (Å²) in [5.41, 5.74) is 2.22. The second-order valence-corrected chi connectivity index (χ2v) is 8.88. The minimum atomic E-state index is -0.0984. The molecule has 3 heterocycles. The van der Waals surface area contributed by atoms with Gasteiger partial charge in [0.2, 0.25) is 0 Å². The number of carbonyl (C=O) groups is 1. The van der Waals surface area contributed by atoms with Crippen molar-refractivity contribution < 1.29 is 4.79 Å². The van der Waals surface area contributed by atoms with Crippen LogP contribution in [0.1, 0.15) is 25.8 Å². The number of thiophene rings is 1. The van der Waals surface area contributed by atoms with Crippen LogP contribution in [0.5, 0.6) is 0 Å². The summed E-state index contributed by atoms with van der Waals surface area (Å²) in [5, 5.41) is 6.63. The number of hydrogen-bond donors (Lipinski definition) is 1. The van der Waals surface area contributed by atoms with E-state index in [-0.39, 0.29) is 5.91 Å². The van der Waals surface area contributed by atoms with Gasteiger partial charge < -0.3 is 0 Å². The van der Waals surface area contributed by atoms with Crippen molar-refractivity contribution in [2.75, 3.05) is 11.9 Å². The predicted octanol–water partition coefficient (Wildman–Crippen LogP) is 5.32. The first kappa shape index (κ1) is 17.9. The van der Waals surface area contributed by atoms with E-state index in [1.807, 2.05) is 35.7 Å². The molecule has 1 aliphatic rings. The third kappa shape index (κ3) is 3.94. The van der Waals surface area contributed by atoms with Crippen molar-refractivity contribution in [3.05, 3.63) is 66.8 Å². The second kappa shape index (κ2) is 7.66. The fourth-order valence-corrected chi connectivity index (χ4v) is 4.88. The maximum atomic E-state index is 12.2. The first-order chi connectivity index (χ1) is 12.6. The Morgan fingerprint density at radius 1 is 1.27 bits per heavy atom. The van der Waals surface area contributed by atoms with Crippen LogP contribution in [0.3, 0.4) is 0 Å².